The molecule has 1 unspecified atom stereocenters. The van der Waals surface area contributed by atoms with Crippen molar-refractivity contribution in [3.63, 3.8) is 0 Å². The maximum atomic E-state index is 12.5. The molecule has 2 aromatic carbocycles. The highest BCUT2D eigenvalue weighted by Crippen LogP contribution is 2.48. The van der Waals surface area contributed by atoms with Crippen LogP contribution >= 0.6 is 7.37 Å². The molecule has 0 spiro atoms. The number of anilines is 1. The lowest BCUT2D eigenvalue weighted by atomic mass is 10.1. The molecule has 0 aliphatic heterocycles. The predicted octanol–water partition coefficient (Wildman–Crippen LogP) is 4.29. The standard InChI is InChI=1S/C19H28NO4P/c1-4-23-19(24-5-2)25(21,22)15-9-14-20(3)18-13-8-11-16-10-6-7-12-17(16)18/h6-8,10-13,19H,4-5,9,14-15H2,1-3H3,(H,21,22). The van der Waals surface area contributed by atoms with Gasteiger partial charge in [-0.3, -0.25) is 4.57 Å². The van der Waals surface area contributed by atoms with E-state index >= 15 is 0 Å². The molecule has 0 heterocycles. The fourth-order valence-corrected chi connectivity index (χ4v) is 4.44. The van der Waals surface area contributed by atoms with E-state index in [2.05, 4.69) is 29.2 Å². The summed E-state index contributed by atoms with van der Waals surface area (Å²) in [6.45, 7) is 4.97. The molecule has 25 heavy (non-hydrogen) atoms. The van der Waals surface area contributed by atoms with Crippen molar-refractivity contribution in [3.05, 3.63) is 42.5 Å². The van der Waals surface area contributed by atoms with Crippen LogP contribution in [0.15, 0.2) is 42.5 Å². The average Bonchev–Trinajstić information content (AvgIpc) is 2.60. The van der Waals surface area contributed by atoms with Crippen LogP contribution in [-0.4, -0.2) is 43.9 Å². The van der Waals surface area contributed by atoms with E-state index in [0.717, 1.165) is 5.69 Å². The molecule has 138 valence electrons. The van der Waals surface area contributed by atoms with E-state index in [9.17, 15) is 9.46 Å². The lowest BCUT2D eigenvalue weighted by Gasteiger charge is -2.25. The van der Waals surface area contributed by atoms with Crippen molar-refractivity contribution in [1.82, 2.24) is 0 Å². The second kappa shape index (κ2) is 9.35. The number of benzene rings is 2. The second-order valence-electron chi connectivity index (χ2n) is 5.97. The van der Waals surface area contributed by atoms with E-state index in [-0.39, 0.29) is 6.16 Å². The van der Waals surface area contributed by atoms with E-state index in [1.807, 2.05) is 25.2 Å². The Morgan fingerprint density at radius 2 is 1.72 bits per heavy atom. The third kappa shape index (κ3) is 5.29. The first-order valence-corrected chi connectivity index (χ1v) is 10.6. The lowest BCUT2D eigenvalue weighted by molar-refractivity contribution is -0.0871. The smallest absolute Gasteiger partial charge is 0.255 e. The Balaban J connectivity index is 1.99. The first kappa shape index (κ1) is 19.9. The van der Waals surface area contributed by atoms with Crippen LogP contribution in [0.2, 0.25) is 0 Å². The summed E-state index contributed by atoms with van der Waals surface area (Å²) in [4.78, 5) is 12.4. The van der Waals surface area contributed by atoms with Crippen LogP contribution in [0.1, 0.15) is 20.3 Å². The molecule has 0 amide bonds. The lowest BCUT2D eigenvalue weighted by Crippen LogP contribution is -2.23. The maximum absolute atomic E-state index is 12.5. The van der Waals surface area contributed by atoms with Crippen molar-refractivity contribution in [3.8, 4) is 0 Å². The van der Waals surface area contributed by atoms with Crippen LogP contribution in [0.4, 0.5) is 5.69 Å². The molecule has 6 heteroatoms. The van der Waals surface area contributed by atoms with Crippen LogP contribution in [0.5, 0.6) is 0 Å². The van der Waals surface area contributed by atoms with Crippen LogP contribution in [0, 0.1) is 0 Å². The highest BCUT2D eigenvalue weighted by Gasteiger charge is 2.31. The topological polar surface area (TPSA) is 59.0 Å². The van der Waals surface area contributed by atoms with E-state index in [4.69, 9.17) is 9.47 Å². The molecule has 0 aliphatic carbocycles. The molecule has 2 rings (SSSR count). The number of hydrogen-bond donors (Lipinski definition) is 1. The Hall–Kier alpha value is -1.39. The summed E-state index contributed by atoms with van der Waals surface area (Å²) in [5, 5.41) is 2.37. The SMILES string of the molecule is CCOC(OCC)P(=O)(O)CCCN(C)c1cccc2ccccc12. The van der Waals surface area contributed by atoms with Crippen molar-refractivity contribution in [1.29, 1.82) is 0 Å². The summed E-state index contributed by atoms with van der Waals surface area (Å²) in [5.74, 6) is 0. The van der Waals surface area contributed by atoms with E-state index in [1.165, 1.54) is 10.8 Å². The second-order valence-corrected chi connectivity index (χ2v) is 8.35. The van der Waals surface area contributed by atoms with Gasteiger partial charge in [0.1, 0.15) is 0 Å². The fraction of sp³-hybridized carbons (Fsp3) is 0.474. The molecule has 0 saturated heterocycles. The van der Waals surface area contributed by atoms with Crippen molar-refractivity contribution >= 4 is 23.8 Å². The Kier molecular flexibility index (Phi) is 7.45. The fourth-order valence-electron chi connectivity index (χ4n) is 2.87. The Bertz CT molecular complexity index is 710. The van der Waals surface area contributed by atoms with Crippen molar-refractivity contribution in [2.24, 2.45) is 0 Å². The third-order valence-corrected chi connectivity index (χ3v) is 6.01. The molecule has 1 N–H and O–H groups in total. The number of rotatable bonds is 10. The Labute approximate surface area is 150 Å². The van der Waals surface area contributed by atoms with Gasteiger partial charge in [0.05, 0.1) is 0 Å². The van der Waals surface area contributed by atoms with Gasteiger partial charge in [-0.2, -0.15) is 0 Å². The van der Waals surface area contributed by atoms with E-state index in [0.29, 0.717) is 26.2 Å². The van der Waals surface area contributed by atoms with E-state index < -0.39 is 13.4 Å². The molecule has 1 atom stereocenters. The van der Waals surface area contributed by atoms with Crippen molar-refractivity contribution < 1.29 is 18.9 Å². The largest absolute Gasteiger partial charge is 0.374 e. The average molecular weight is 365 g/mol. The zero-order chi connectivity index (χ0) is 18.3. The number of hydrogen-bond acceptors (Lipinski definition) is 4. The van der Waals surface area contributed by atoms with Gasteiger partial charge in [-0.15, -0.1) is 0 Å². The number of fused-ring (bicyclic) bond motifs is 1. The zero-order valence-corrected chi connectivity index (χ0v) is 16.1. The van der Waals surface area contributed by atoms with Crippen LogP contribution in [-0.2, 0) is 14.0 Å². The van der Waals surface area contributed by atoms with Gasteiger partial charge in [-0.1, -0.05) is 36.4 Å². The Morgan fingerprint density at radius 1 is 1.08 bits per heavy atom. The highest BCUT2D eigenvalue weighted by molar-refractivity contribution is 7.58. The minimum absolute atomic E-state index is 0.173. The van der Waals surface area contributed by atoms with Gasteiger partial charge in [-0.25, -0.2) is 0 Å². The maximum Gasteiger partial charge on any atom is 0.255 e. The van der Waals surface area contributed by atoms with Gasteiger partial charge in [0.25, 0.3) is 7.37 Å². The van der Waals surface area contributed by atoms with Gasteiger partial charge in [-0.05, 0) is 31.7 Å². The molecule has 0 radical (unpaired) electrons. The van der Waals surface area contributed by atoms with E-state index in [1.54, 1.807) is 13.8 Å². The quantitative estimate of drug-likeness (QED) is 0.503. The summed E-state index contributed by atoms with van der Waals surface area (Å²) in [6, 6.07) is 13.4. The van der Waals surface area contributed by atoms with Gasteiger partial charge in [0, 0.05) is 44.0 Å². The van der Waals surface area contributed by atoms with Gasteiger partial charge in [0.2, 0.25) is 6.03 Å². The molecule has 5 nitrogen and oxygen atoms in total. The summed E-state index contributed by atoms with van der Waals surface area (Å²) in [5.41, 5.74) is 1.12. The number of ether oxygens (including phenoxy) is 2. The molecule has 0 saturated carbocycles. The molecular formula is C19H28NO4P. The molecule has 0 fully saturated rings. The van der Waals surface area contributed by atoms with Crippen LogP contribution in [0.25, 0.3) is 10.8 Å². The predicted molar refractivity (Wildman–Crippen MR) is 104 cm³/mol. The molecule has 0 aliphatic rings. The minimum atomic E-state index is -3.50. The monoisotopic (exact) mass is 365 g/mol. The zero-order valence-electron chi connectivity index (χ0n) is 15.2. The minimum Gasteiger partial charge on any atom is -0.374 e. The summed E-state index contributed by atoms with van der Waals surface area (Å²) >= 11 is 0. The Morgan fingerprint density at radius 3 is 2.40 bits per heavy atom. The summed E-state index contributed by atoms with van der Waals surface area (Å²) in [6.07, 6.45) is 0.761. The normalized spacial score (nSPS) is 14.0. The third-order valence-electron chi connectivity index (χ3n) is 4.10. The van der Waals surface area contributed by atoms with Crippen molar-refractivity contribution in [2.75, 3.05) is 37.9 Å². The van der Waals surface area contributed by atoms with Crippen molar-refractivity contribution in [2.45, 2.75) is 26.3 Å². The summed E-state index contributed by atoms with van der Waals surface area (Å²) in [7, 11) is -1.50. The first-order valence-electron chi connectivity index (χ1n) is 8.73. The highest BCUT2D eigenvalue weighted by atomic mass is 31.2. The molecule has 2 aromatic rings. The van der Waals surface area contributed by atoms with Crippen LogP contribution in [0.3, 0.4) is 0 Å². The van der Waals surface area contributed by atoms with Gasteiger partial charge >= 0.3 is 0 Å². The van der Waals surface area contributed by atoms with Gasteiger partial charge in [0.15, 0.2) is 0 Å². The first-order chi connectivity index (χ1) is 12.0. The molecule has 0 bridgehead atoms. The molecule has 0 aromatic heterocycles. The number of nitrogens with zero attached hydrogens (tertiary/aromatic N) is 1. The van der Waals surface area contributed by atoms with Crippen LogP contribution < -0.4 is 4.90 Å². The summed E-state index contributed by atoms with van der Waals surface area (Å²) < 4.78 is 23.1. The van der Waals surface area contributed by atoms with Gasteiger partial charge < -0.3 is 19.3 Å². The molecular weight excluding hydrogens is 337 g/mol.